The molecule has 2 rings (SSSR count). The third-order valence-corrected chi connectivity index (χ3v) is 3.95. The van der Waals surface area contributed by atoms with Gasteiger partial charge in [0.1, 0.15) is 6.10 Å². The summed E-state index contributed by atoms with van der Waals surface area (Å²) in [6.07, 6.45) is 6.47. The zero-order valence-corrected chi connectivity index (χ0v) is 11.6. The minimum atomic E-state index is -0.560. The van der Waals surface area contributed by atoms with Crippen molar-refractivity contribution in [1.82, 2.24) is 0 Å². The van der Waals surface area contributed by atoms with Crippen LogP contribution in [0.3, 0.4) is 0 Å². The van der Waals surface area contributed by atoms with Gasteiger partial charge in [0.2, 0.25) is 0 Å². The third kappa shape index (κ3) is 4.60. The van der Waals surface area contributed by atoms with Gasteiger partial charge in [-0.3, -0.25) is 0 Å². The first-order valence-corrected chi connectivity index (χ1v) is 7.29. The predicted octanol–water partition coefficient (Wildman–Crippen LogP) is 2.79. The van der Waals surface area contributed by atoms with Crippen molar-refractivity contribution in [3.05, 3.63) is 35.9 Å². The zero-order valence-electron chi connectivity index (χ0n) is 11.6. The van der Waals surface area contributed by atoms with Crippen LogP contribution in [0.2, 0.25) is 0 Å². The highest BCUT2D eigenvalue weighted by atomic mass is 16.5. The van der Waals surface area contributed by atoms with Crippen LogP contribution in [-0.2, 0) is 4.74 Å². The van der Waals surface area contributed by atoms with Gasteiger partial charge in [0.15, 0.2) is 0 Å². The van der Waals surface area contributed by atoms with Crippen LogP contribution in [0, 0.1) is 0 Å². The van der Waals surface area contributed by atoms with Crippen molar-refractivity contribution in [2.24, 2.45) is 5.73 Å². The summed E-state index contributed by atoms with van der Waals surface area (Å²) in [5, 5.41) is 10.0. The number of hydrogen-bond donors (Lipinski definition) is 2. The summed E-state index contributed by atoms with van der Waals surface area (Å²) in [7, 11) is 0. The average molecular weight is 263 g/mol. The fraction of sp³-hybridized carbons (Fsp3) is 0.625. The quantitative estimate of drug-likeness (QED) is 0.803. The van der Waals surface area contributed by atoms with Gasteiger partial charge in [-0.25, -0.2) is 0 Å². The minimum absolute atomic E-state index is 0.188. The Labute approximate surface area is 115 Å². The van der Waals surface area contributed by atoms with Gasteiger partial charge >= 0.3 is 0 Å². The molecular weight excluding hydrogens is 238 g/mol. The maximum atomic E-state index is 10.0. The lowest BCUT2D eigenvalue weighted by Gasteiger charge is -2.28. The van der Waals surface area contributed by atoms with Crippen molar-refractivity contribution in [2.75, 3.05) is 13.2 Å². The van der Waals surface area contributed by atoms with E-state index < -0.39 is 6.10 Å². The Morgan fingerprint density at radius 1 is 1.11 bits per heavy atom. The van der Waals surface area contributed by atoms with E-state index in [1.807, 2.05) is 30.3 Å². The number of ether oxygens (including phenoxy) is 1. The van der Waals surface area contributed by atoms with E-state index in [0.717, 1.165) is 18.4 Å². The molecule has 106 valence electrons. The minimum Gasteiger partial charge on any atom is -0.386 e. The van der Waals surface area contributed by atoms with Crippen molar-refractivity contribution >= 4 is 0 Å². The highest BCUT2D eigenvalue weighted by Gasteiger charge is 2.26. The smallest absolute Gasteiger partial charge is 0.102 e. The van der Waals surface area contributed by atoms with Crippen LogP contribution < -0.4 is 5.73 Å². The summed E-state index contributed by atoms with van der Waals surface area (Å²) < 4.78 is 5.67. The second-order valence-corrected chi connectivity index (χ2v) is 5.72. The van der Waals surface area contributed by atoms with Gasteiger partial charge in [0.25, 0.3) is 0 Å². The van der Waals surface area contributed by atoms with Crippen molar-refractivity contribution in [2.45, 2.75) is 50.2 Å². The SMILES string of the molecule is NC1(COCC(O)c2ccccc2)CCCCCC1. The summed E-state index contributed by atoms with van der Waals surface area (Å²) in [5.74, 6) is 0. The summed E-state index contributed by atoms with van der Waals surface area (Å²) in [4.78, 5) is 0. The number of nitrogens with two attached hydrogens (primary N) is 1. The van der Waals surface area contributed by atoms with E-state index >= 15 is 0 Å². The molecular formula is C16H25NO2. The van der Waals surface area contributed by atoms with E-state index in [9.17, 15) is 5.11 Å². The highest BCUT2D eigenvalue weighted by molar-refractivity contribution is 5.17. The second kappa shape index (κ2) is 7.04. The molecule has 19 heavy (non-hydrogen) atoms. The Balaban J connectivity index is 1.76. The number of rotatable bonds is 5. The molecule has 1 fully saturated rings. The van der Waals surface area contributed by atoms with E-state index in [0.29, 0.717) is 13.2 Å². The fourth-order valence-corrected chi connectivity index (χ4v) is 2.72. The van der Waals surface area contributed by atoms with Crippen LogP contribution in [0.4, 0.5) is 0 Å². The van der Waals surface area contributed by atoms with Crippen LogP contribution in [0.1, 0.15) is 50.2 Å². The number of benzene rings is 1. The zero-order chi connectivity index (χ0) is 13.6. The van der Waals surface area contributed by atoms with Gasteiger partial charge in [-0.1, -0.05) is 56.0 Å². The van der Waals surface area contributed by atoms with Crippen molar-refractivity contribution < 1.29 is 9.84 Å². The molecule has 1 atom stereocenters. The number of aliphatic hydroxyl groups is 1. The van der Waals surface area contributed by atoms with Gasteiger partial charge in [-0.2, -0.15) is 0 Å². The topological polar surface area (TPSA) is 55.5 Å². The number of hydrogen-bond acceptors (Lipinski definition) is 3. The molecule has 0 saturated heterocycles. The van der Waals surface area contributed by atoms with E-state index in [1.54, 1.807) is 0 Å². The van der Waals surface area contributed by atoms with Gasteiger partial charge in [-0.05, 0) is 18.4 Å². The highest BCUT2D eigenvalue weighted by Crippen LogP contribution is 2.25. The maximum absolute atomic E-state index is 10.0. The summed E-state index contributed by atoms with van der Waals surface area (Å²) in [6, 6.07) is 9.62. The fourth-order valence-electron chi connectivity index (χ4n) is 2.72. The Kier molecular flexibility index (Phi) is 5.37. The van der Waals surface area contributed by atoms with E-state index in [2.05, 4.69) is 0 Å². The molecule has 1 saturated carbocycles. The van der Waals surface area contributed by atoms with Gasteiger partial charge in [-0.15, -0.1) is 0 Å². The standard InChI is InChI=1S/C16H25NO2/c17-16(10-6-1-2-7-11-16)13-19-12-15(18)14-8-4-3-5-9-14/h3-5,8-9,15,18H,1-2,6-7,10-13,17H2. The van der Waals surface area contributed by atoms with E-state index in [1.165, 1.54) is 25.7 Å². The summed E-state index contributed by atoms with van der Waals surface area (Å²) in [5.41, 5.74) is 7.09. The Hall–Kier alpha value is -0.900. The van der Waals surface area contributed by atoms with Gasteiger partial charge in [0.05, 0.1) is 13.2 Å². The molecule has 3 N–H and O–H groups in total. The summed E-state index contributed by atoms with van der Waals surface area (Å²) in [6.45, 7) is 0.875. The first-order valence-electron chi connectivity index (χ1n) is 7.29. The molecule has 1 aromatic carbocycles. The van der Waals surface area contributed by atoms with Gasteiger partial charge < -0.3 is 15.6 Å². The van der Waals surface area contributed by atoms with Crippen LogP contribution >= 0.6 is 0 Å². The average Bonchev–Trinajstić information content (AvgIpc) is 2.65. The first kappa shape index (κ1) is 14.5. The normalized spacial score (nSPS) is 20.7. The molecule has 3 nitrogen and oxygen atoms in total. The largest absolute Gasteiger partial charge is 0.386 e. The molecule has 1 aromatic rings. The lowest BCUT2D eigenvalue weighted by Crippen LogP contribution is -2.44. The number of aliphatic hydroxyl groups excluding tert-OH is 1. The predicted molar refractivity (Wildman–Crippen MR) is 76.8 cm³/mol. The molecule has 0 bridgehead atoms. The Bertz CT molecular complexity index is 358. The van der Waals surface area contributed by atoms with Gasteiger partial charge in [0, 0.05) is 5.54 Å². The molecule has 1 aliphatic rings. The maximum Gasteiger partial charge on any atom is 0.102 e. The molecule has 0 aromatic heterocycles. The molecule has 0 heterocycles. The molecule has 1 aliphatic carbocycles. The van der Waals surface area contributed by atoms with Crippen LogP contribution in [0.5, 0.6) is 0 Å². The Morgan fingerprint density at radius 3 is 2.37 bits per heavy atom. The molecule has 3 heteroatoms. The molecule has 0 spiro atoms. The van der Waals surface area contributed by atoms with E-state index in [4.69, 9.17) is 10.5 Å². The van der Waals surface area contributed by atoms with Crippen molar-refractivity contribution in [1.29, 1.82) is 0 Å². The molecule has 0 amide bonds. The third-order valence-electron chi connectivity index (χ3n) is 3.95. The van der Waals surface area contributed by atoms with Crippen LogP contribution in [0.15, 0.2) is 30.3 Å². The molecule has 0 radical (unpaired) electrons. The molecule has 1 unspecified atom stereocenters. The Morgan fingerprint density at radius 2 is 1.74 bits per heavy atom. The lowest BCUT2D eigenvalue weighted by atomic mass is 9.92. The molecule has 0 aliphatic heterocycles. The second-order valence-electron chi connectivity index (χ2n) is 5.72. The summed E-state index contributed by atoms with van der Waals surface area (Å²) >= 11 is 0. The van der Waals surface area contributed by atoms with Crippen LogP contribution in [0.25, 0.3) is 0 Å². The monoisotopic (exact) mass is 263 g/mol. The first-order chi connectivity index (χ1) is 9.20. The van der Waals surface area contributed by atoms with E-state index in [-0.39, 0.29) is 5.54 Å². The van der Waals surface area contributed by atoms with Crippen LogP contribution in [-0.4, -0.2) is 23.9 Å². The lowest BCUT2D eigenvalue weighted by molar-refractivity contribution is 0.0107. The van der Waals surface area contributed by atoms with Crippen molar-refractivity contribution in [3.63, 3.8) is 0 Å². The van der Waals surface area contributed by atoms with Crippen molar-refractivity contribution in [3.8, 4) is 0 Å².